The Morgan fingerprint density at radius 3 is 2.67 bits per heavy atom. The van der Waals surface area contributed by atoms with Gasteiger partial charge in [0.25, 0.3) is 0 Å². The molecule has 1 aliphatic heterocycles. The van der Waals surface area contributed by atoms with Crippen LogP contribution in [0.25, 0.3) is 0 Å². The molecule has 1 aromatic heterocycles. The molecule has 1 saturated heterocycles. The largest absolute Gasteiger partial charge is 0.324 e. The van der Waals surface area contributed by atoms with E-state index >= 15 is 0 Å². The zero-order chi connectivity index (χ0) is 10.5. The van der Waals surface area contributed by atoms with Crippen molar-refractivity contribution in [1.82, 2.24) is 13.6 Å². The predicted octanol–water partition coefficient (Wildman–Crippen LogP) is 1.95. The molecule has 0 spiro atoms. The number of likely N-dealkylation sites (tertiary alicyclic amines) is 1. The molecule has 15 heavy (non-hydrogen) atoms. The molecule has 2 amide bonds. The summed E-state index contributed by atoms with van der Waals surface area (Å²) in [5, 5.41) is 2.74. The molecule has 5 nitrogen and oxygen atoms in total. The molecule has 6 heteroatoms. The van der Waals surface area contributed by atoms with Crippen LogP contribution in [0.4, 0.5) is 10.6 Å². The van der Waals surface area contributed by atoms with Crippen LogP contribution in [-0.2, 0) is 0 Å². The van der Waals surface area contributed by atoms with Crippen molar-refractivity contribution in [2.45, 2.75) is 25.7 Å². The summed E-state index contributed by atoms with van der Waals surface area (Å²) in [6, 6.07) is -0.0513. The number of carbonyl (C=O) groups excluding carboxylic acids is 1. The molecule has 2 heterocycles. The first-order valence-electron chi connectivity index (χ1n) is 5.20. The molecule has 82 valence electrons. The third-order valence-corrected chi connectivity index (χ3v) is 2.97. The smallest absolute Gasteiger partial charge is 0.323 e. The lowest BCUT2D eigenvalue weighted by Gasteiger charge is -2.19. The number of aromatic nitrogens is 2. The molecule has 0 bridgehead atoms. The first kappa shape index (κ1) is 10.4. The molecular formula is C9H14N4OS. The quantitative estimate of drug-likeness (QED) is 0.796. The molecule has 2 rings (SSSR count). The number of carbonyl (C=O) groups is 1. The van der Waals surface area contributed by atoms with Crippen LogP contribution in [0.2, 0.25) is 0 Å². The zero-order valence-electron chi connectivity index (χ0n) is 8.48. The number of nitrogens with zero attached hydrogens (tertiary/aromatic N) is 3. The summed E-state index contributed by atoms with van der Waals surface area (Å²) < 4.78 is 7.78. The van der Waals surface area contributed by atoms with Crippen LogP contribution in [0.1, 0.15) is 25.7 Å². The van der Waals surface area contributed by atoms with E-state index < -0.39 is 0 Å². The number of anilines is 1. The molecule has 0 radical (unpaired) electrons. The number of urea groups is 1. The lowest BCUT2D eigenvalue weighted by molar-refractivity contribution is 0.213. The fourth-order valence-electron chi connectivity index (χ4n) is 1.68. The van der Waals surface area contributed by atoms with Crippen molar-refractivity contribution >= 4 is 23.6 Å². The maximum atomic E-state index is 11.8. The van der Waals surface area contributed by atoms with Gasteiger partial charge in [-0.2, -0.15) is 8.75 Å². The highest BCUT2D eigenvalue weighted by molar-refractivity contribution is 6.99. The highest BCUT2D eigenvalue weighted by Crippen LogP contribution is 2.11. The van der Waals surface area contributed by atoms with Gasteiger partial charge in [0, 0.05) is 13.1 Å². The minimum atomic E-state index is -0.0513. The van der Waals surface area contributed by atoms with Crippen molar-refractivity contribution < 1.29 is 4.79 Å². The minimum Gasteiger partial charge on any atom is -0.324 e. The van der Waals surface area contributed by atoms with Crippen molar-refractivity contribution in [2.75, 3.05) is 18.4 Å². The highest BCUT2D eigenvalue weighted by Gasteiger charge is 2.15. The van der Waals surface area contributed by atoms with Gasteiger partial charge in [-0.05, 0) is 12.8 Å². The van der Waals surface area contributed by atoms with Gasteiger partial charge in [-0.1, -0.05) is 12.8 Å². The fraction of sp³-hybridized carbons (Fsp3) is 0.667. The minimum absolute atomic E-state index is 0.0513. The van der Waals surface area contributed by atoms with Gasteiger partial charge in [-0.3, -0.25) is 5.32 Å². The van der Waals surface area contributed by atoms with Crippen LogP contribution in [-0.4, -0.2) is 32.8 Å². The molecule has 0 aliphatic carbocycles. The van der Waals surface area contributed by atoms with Crippen molar-refractivity contribution in [3.8, 4) is 0 Å². The van der Waals surface area contributed by atoms with Crippen LogP contribution in [0.5, 0.6) is 0 Å². The van der Waals surface area contributed by atoms with Gasteiger partial charge < -0.3 is 4.90 Å². The third kappa shape index (κ3) is 2.89. The molecule has 1 aromatic rings. The molecule has 1 aliphatic rings. The number of amides is 2. The lowest BCUT2D eigenvalue weighted by atomic mass is 10.2. The normalized spacial score (nSPS) is 17.2. The topological polar surface area (TPSA) is 58.1 Å². The Labute approximate surface area is 92.8 Å². The summed E-state index contributed by atoms with van der Waals surface area (Å²) in [7, 11) is 0. The zero-order valence-corrected chi connectivity index (χ0v) is 9.29. The number of nitrogens with one attached hydrogen (secondary N) is 1. The molecule has 1 N–H and O–H groups in total. The second kappa shape index (κ2) is 5.06. The van der Waals surface area contributed by atoms with Crippen LogP contribution in [0.15, 0.2) is 6.20 Å². The third-order valence-electron chi connectivity index (χ3n) is 2.49. The Bertz CT molecular complexity index is 306. The Kier molecular flexibility index (Phi) is 3.49. The van der Waals surface area contributed by atoms with Crippen LogP contribution >= 0.6 is 11.7 Å². The monoisotopic (exact) mass is 226 g/mol. The standard InChI is InChI=1S/C9H14N4OS/c14-9(11-8-7-10-15-12-8)13-5-3-1-2-4-6-13/h7H,1-6H2,(H,11,12,14). The SMILES string of the molecule is O=C(Nc1cnsn1)N1CCCCCC1. The van der Waals surface area contributed by atoms with Gasteiger partial charge >= 0.3 is 6.03 Å². The van der Waals surface area contributed by atoms with Gasteiger partial charge in [-0.15, -0.1) is 0 Å². The second-order valence-corrected chi connectivity index (χ2v) is 4.18. The van der Waals surface area contributed by atoms with E-state index in [2.05, 4.69) is 14.1 Å². The molecular weight excluding hydrogens is 212 g/mol. The molecule has 0 aromatic carbocycles. The van der Waals surface area contributed by atoms with E-state index in [-0.39, 0.29) is 6.03 Å². The van der Waals surface area contributed by atoms with Crippen molar-refractivity contribution in [1.29, 1.82) is 0 Å². The van der Waals surface area contributed by atoms with E-state index in [4.69, 9.17) is 0 Å². The van der Waals surface area contributed by atoms with Crippen molar-refractivity contribution in [3.05, 3.63) is 6.20 Å². The maximum Gasteiger partial charge on any atom is 0.323 e. The summed E-state index contributed by atoms with van der Waals surface area (Å²) in [6.45, 7) is 1.70. The van der Waals surface area contributed by atoms with Gasteiger partial charge in [0.1, 0.15) is 0 Å². The summed E-state index contributed by atoms with van der Waals surface area (Å²) in [6.07, 6.45) is 6.22. The molecule has 0 unspecified atom stereocenters. The lowest BCUT2D eigenvalue weighted by Crippen LogP contribution is -2.35. The van der Waals surface area contributed by atoms with Crippen LogP contribution in [0.3, 0.4) is 0 Å². The first-order chi connectivity index (χ1) is 7.36. The van der Waals surface area contributed by atoms with Crippen molar-refractivity contribution in [3.63, 3.8) is 0 Å². The van der Waals surface area contributed by atoms with E-state index in [9.17, 15) is 4.79 Å². The Balaban J connectivity index is 1.89. The van der Waals surface area contributed by atoms with E-state index in [0.717, 1.165) is 37.7 Å². The van der Waals surface area contributed by atoms with E-state index in [1.165, 1.54) is 12.8 Å². The molecule has 1 fully saturated rings. The maximum absolute atomic E-state index is 11.8. The number of rotatable bonds is 1. The summed E-state index contributed by atoms with van der Waals surface area (Å²) >= 11 is 1.10. The average molecular weight is 226 g/mol. The van der Waals surface area contributed by atoms with E-state index in [1.54, 1.807) is 6.20 Å². The summed E-state index contributed by atoms with van der Waals surface area (Å²) in [5.41, 5.74) is 0. The predicted molar refractivity (Wildman–Crippen MR) is 59.0 cm³/mol. The molecule has 0 atom stereocenters. The van der Waals surface area contributed by atoms with Crippen LogP contribution in [0, 0.1) is 0 Å². The van der Waals surface area contributed by atoms with E-state index in [1.807, 2.05) is 4.90 Å². The van der Waals surface area contributed by atoms with Gasteiger partial charge in [0.2, 0.25) is 0 Å². The van der Waals surface area contributed by atoms with Gasteiger partial charge in [0.05, 0.1) is 17.9 Å². The number of hydrogen-bond donors (Lipinski definition) is 1. The van der Waals surface area contributed by atoms with Crippen molar-refractivity contribution in [2.24, 2.45) is 0 Å². The van der Waals surface area contributed by atoms with Crippen LogP contribution < -0.4 is 5.32 Å². The molecule has 0 saturated carbocycles. The van der Waals surface area contributed by atoms with Gasteiger partial charge in [0.15, 0.2) is 5.82 Å². The Hall–Kier alpha value is -1.17. The number of hydrogen-bond acceptors (Lipinski definition) is 4. The highest BCUT2D eigenvalue weighted by atomic mass is 32.1. The van der Waals surface area contributed by atoms with E-state index in [0.29, 0.717) is 5.82 Å². The summed E-state index contributed by atoms with van der Waals surface area (Å²) in [5.74, 6) is 0.550. The van der Waals surface area contributed by atoms with Gasteiger partial charge in [-0.25, -0.2) is 4.79 Å². The Morgan fingerprint density at radius 1 is 1.33 bits per heavy atom. The Morgan fingerprint density at radius 2 is 2.07 bits per heavy atom. The average Bonchev–Trinajstić information content (AvgIpc) is 2.58. The second-order valence-electron chi connectivity index (χ2n) is 3.62. The first-order valence-corrected chi connectivity index (χ1v) is 5.93. The summed E-state index contributed by atoms with van der Waals surface area (Å²) in [4.78, 5) is 13.6. The fourth-order valence-corrected chi connectivity index (χ4v) is 2.06.